The number of ether oxygens (including phenoxy) is 5. The molecule has 0 saturated carbocycles. The van der Waals surface area contributed by atoms with E-state index in [1.165, 1.54) is 6.92 Å². The maximum absolute atomic E-state index is 14.4. The zero-order valence-corrected chi connectivity index (χ0v) is 23.5. The number of rotatable bonds is 11. The normalized spacial score (nSPS) is 33.4. The van der Waals surface area contributed by atoms with Gasteiger partial charge in [-0.25, -0.2) is 4.79 Å². The van der Waals surface area contributed by atoms with Gasteiger partial charge in [0.2, 0.25) is 5.91 Å². The predicted octanol–water partition coefficient (Wildman–Crippen LogP) is 0.923. The van der Waals surface area contributed by atoms with Gasteiger partial charge < -0.3 is 49.4 Å². The van der Waals surface area contributed by atoms with Gasteiger partial charge in [-0.15, -0.1) is 0 Å². The molecule has 2 aliphatic heterocycles. The highest BCUT2D eigenvalue weighted by Crippen LogP contribution is 2.60. The van der Waals surface area contributed by atoms with Gasteiger partial charge in [0.05, 0.1) is 18.8 Å². The summed E-state index contributed by atoms with van der Waals surface area (Å²) >= 11 is 0. The van der Waals surface area contributed by atoms with E-state index in [1.807, 2.05) is 0 Å². The lowest BCUT2D eigenvalue weighted by atomic mass is 9.88. The molecule has 0 spiro atoms. The zero-order valence-electron chi connectivity index (χ0n) is 23.5. The molecule has 0 aromatic heterocycles. The minimum atomic E-state index is -8.31. The molecule has 12 nitrogen and oxygen atoms in total. The van der Waals surface area contributed by atoms with Crippen LogP contribution in [0.4, 0.5) is 57.1 Å². The maximum Gasteiger partial charge on any atom is 0.473 e. The molecule has 0 bridgehead atoms. The second-order valence-corrected chi connectivity index (χ2v) is 10.3. The first-order valence-corrected chi connectivity index (χ1v) is 12.7. The first kappa shape index (κ1) is 40.9. The van der Waals surface area contributed by atoms with Gasteiger partial charge in [0.1, 0.15) is 24.4 Å². The van der Waals surface area contributed by atoms with Gasteiger partial charge in [-0.3, -0.25) is 4.79 Å². The van der Waals surface area contributed by atoms with Crippen molar-refractivity contribution in [2.24, 2.45) is 5.92 Å². The maximum atomic E-state index is 14.4. The molecule has 2 aliphatic rings. The average molecular weight is 727 g/mol. The summed E-state index contributed by atoms with van der Waals surface area (Å²) in [5.41, 5.74) is 0. The highest BCUT2D eigenvalue weighted by molar-refractivity contribution is 5.76. The molecule has 0 aromatic carbocycles. The fourth-order valence-corrected chi connectivity index (χ4v) is 4.37. The molecule has 5 N–H and O–H groups in total. The topological polar surface area (TPSA) is 173 Å². The molecular formula is C22H26F13NO11. The molecule has 4 unspecified atom stereocenters. The van der Waals surface area contributed by atoms with Gasteiger partial charge >= 0.3 is 41.9 Å². The van der Waals surface area contributed by atoms with Gasteiger partial charge in [0.25, 0.3) is 0 Å². The second-order valence-electron chi connectivity index (χ2n) is 10.3. The van der Waals surface area contributed by atoms with E-state index in [0.29, 0.717) is 7.11 Å². The van der Waals surface area contributed by atoms with Crippen LogP contribution in [0.3, 0.4) is 0 Å². The quantitative estimate of drug-likeness (QED) is 0.151. The number of nitrogens with one attached hydrogen (secondary N) is 1. The molecule has 276 valence electrons. The Balaban J connectivity index is 2.53. The smallest absolute Gasteiger partial charge is 0.394 e. The number of amides is 1. The number of aliphatic hydroxyl groups excluding tert-OH is 4. The van der Waals surface area contributed by atoms with Crippen LogP contribution in [0.2, 0.25) is 0 Å². The van der Waals surface area contributed by atoms with Crippen LogP contribution in [-0.2, 0) is 33.3 Å². The molecule has 47 heavy (non-hydrogen) atoms. The number of methoxy groups -OCH3 is 1. The van der Waals surface area contributed by atoms with E-state index >= 15 is 0 Å². The lowest BCUT2D eigenvalue weighted by Gasteiger charge is -2.47. The molecular weight excluding hydrogens is 701 g/mol. The number of carbonyl (C=O) groups is 2. The number of aliphatic hydroxyl groups is 4. The highest BCUT2D eigenvalue weighted by Gasteiger charge is 2.92. The molecule has 10 atom stereocenters. The van der Waals surface area contributed by atoms with Gasteiger partial charge in [-0.1, -0.05) is 6.92 Å². The van der Waals surface area contributed by atoms with Crippen LogP contribution in [-0.4, -0.2) is 137 Å². The second kappa shape index (κ2) is 13.5. The van der Waals surface area contributed by atoms with Crippen LogP contribution in [0.5, 0.6) is 0 Å². The number of hydrogen-bond acceptors (Lipinski definition) is 11. The monoisotopic (exact) mass is 727 g/mol. The standard InChI is InChI=1S/C22H26F13NO11/c1-5-8(36-6(2)38)15(44-7(4-37)9(5)39)45-12-10(40)11(41)16(43-3)46-13(12)14(42)47-22(34,35)20(29,30)18(25,26)17(23,24)19(27,28)21(31,32)33/h5,7-13,15-16,37,39-41H,4H2,1-3H3,(H,36,38)/t5-,7?,8?,9+,10-,11?,12+,13?,15+,16-/m1/s1. The molecule has 0 radical (unpaired) electrons. The number of carbonyl (C=O) groups excluding carboxylic acids is 2. The molecule has 0 aliphatic carbocycles. The van der Waals surface area contributed by atoms with Crippen molar-refractivity contribution < 1.29 is 111 Å². The largest absolute Gasteiger partial charge is 0.473 e. The number of hydrogen-bond donors (Lipinski definition) is 5. The molecule has 0 aromatic rings. The number of alkyl halides is 13. The summed E-state index contributed by atoms with van der Waals surface area (Å²) in [6, 6.07) is -1.55. The van der Waals surface area contributed by atoms with Crippen molar-refractivity contribution in [2.75, 3.05) is 13.7 Å². The van der Waals surface area contributed by atoms with Crippen molar-refractivity contribution in [3.8, 4) is 0 Å². The summed E-state index contributed by atoms with van der Waals surface area (Å²) in [7, 11) is 0.655. The Morgan fingerprint density at radius 3 is 1.72 bits per heavy atom. The Morgan fingerprint density at radius 1 is 0.766 bits per heavy atom. The SMILES string of the molecule is CO[C@@H]1OC(C(=O)OC(F)(F)C(F)(F)C(F)(F)C(F)(F)C(F)(F)C(F)(F)F)[C@@H](O[C@@H]2OC(CO)[C@@H](O)[C@H](C)C2NC(C)=O)[C@H](O)C1O. The van der Waals surface area contributed by atoms with Crippen LogP contribution in [0.25, 0.3) is 0 Å². The van der Waals surface area contributed by atoms with Crippen molar-refractivity contribution in [3.05, 3.63) is 0 Å². The van der Waals surface area contributed by atoms with Crippen LogP contribution in [0.1, 0.15) is 13.8 Å². The van der Waals surface area contributed by atoms with E-state index in [-0.39, 0.29) is 0 Å². The van der Waals surface area contributed by atoms with Crippen molar-refractivity contribution in [1.29, 1.82) is 0 Å². The van der Waals surface area contributed by atoms with Crippen molar-refractivity contribution in [1.82, 2.24) is 5.32 Å². The van der Waals surface area contributed by atoms with Crippen LogP contribution >= 0.6 is 0 Å². The summed E-state index contributed by atoms with van der Waals surface area (Å²) in [4.78, 5) is 24.3. The van der Waals surface area contributed by atoms with E-state index in [0.717, 1.165) is 6.92 Å². The molecule has 1 amide bonds. The van der Waals surface area contributed by atoms with E-state index in [1.54, 1.807) is 0 Å². The molecule has 2 fully saturated rings. The van der Waals surface area contributed by atoms with Gasteiger partial charge in [-0.05, 0) is 0 Å². The Bertz CT molecular complexity index is 1130. The van der Waals surface area contributed by atoms with E-state index < -0.39 is 116 Å². The number of halogens is 13. The lowest BCUT2D eigenvalue weighted by molar-refractivity contribution is -0.461. The summed E-state index contributed by atoms with van der Waals surface area (Å²) < 4.78 is 198. The van der Waals surface area contributed by atoms with Crippen molar-refractivity contribution in [2.45, 2.75) is 105 Å². The summed E-state index contributed by atoms with van der Waals surface area (Å²) in [5.74, 6) is -37.8. The molecule has 2 rings (SSSR count). The first-order valence-electron chi connectivity index (χ1n) is 12.7. The van der Waals surface area contributed by atoms with E-state index in [9.17, 15) is 87.1 Å². The van der Waals surface area contributed by atoms with Crippen molar-refractivity contribution in [3.63, 3.8) is 0 Å². The molecule has 2 heterocycles. The minimum Gasteiger partial charge on any atom is -0.394 e. The summed E-state index contributed by atoms with van der Waals surface area (Å²) in [6.07, 6.45) is -33.5. The highest BCUT2D eigenvalue weighted by atomic mass is 19.4. The van der Waals surface area contributed by atoms with Gasteiger partial charge in [0, 0.05) is 20.0 Å². The Kier molecular flexibility index (Phi) is 11.8. The zero-order chi connectivity index (χ0) is 36.9. The van der Waals surface area contributed by atoms with Crippen LogP contribution in [0, 0.1) is 5.92 Å². The third kappa shape index (κ3) is 7.07. The summed E-state index contributed by atoms with van der Waals surface area (Å²) in [5, 5.41) is 42.7. The number of esters is 1. The fraction of sp³-hybridized carbons (Fsp3) is 0.909. The summed E-state index contributed by atoms with van der Waals surface area (Å²) in [6.45, 7) is 1.13. The predicted molar refractivity (Wildman–Crippen MR) is 118 cm³/mol. The van der Waals surface area contributed by atoms with Crippen LogP contribution in [0.15, 0.2) is 0 Å². The Hall–Kier alpha value is -2.29. The minimum absolute atomic E-state index is 0.655. The lowest BCUT2D eigenvalue weighted by Crippen LogP contribution is -2.71. The Labute approximate surface area is 253 Å². The van der Waals surface area contributed by atoms with Crippen molar-refractivity contribution >= 4 is 11.9 Å². The van der Waals surface area contributed by atoms with Gasteiger partial charge in [0.15, 0.2) is 18.7 Å². The molecule has 2 saturated heterocycles. The first-order chi connectivity index (χ1) is 21.0. The van der Waals surface area contributed by atoms with Gasteiger partial charge in [-0.2, -0.15) is 57.1 Å². The third-order valence-corrected chi connectivity index (χ3v) is 7.07. The third-order valence-electron chi connectivity index (χ3n) is 7.07. The van der Waals surface area contributed by atoms with E-state index in [4.69, 9.17) is 14.2 Å². The van der Waals surface area contributed by atoms with E-state index in [2.05, 4.69) is 14.8 Å². The average Bonchev–Trinajstić information content (AvgIpc) is 2.93. The Morgan fingerprint density at radius 2 is 1.28 bits per heavy atom. The fourth-order valence-electron chi connectivity index (χ4n) is 4.37. The molecule has 25 heteroatoms. The van der Waals surface area contributed by atoms with Crippen LogP contribution < -0.4 is 5.32 Å².